The van der Waals surface area contributed by atoms with Crippen LogP contribution in [0.1, 0.15) is 59.4 Å². The molecule has 13 heteroatoms. The molecule has 48 heavy (non-hydrogen) atoms. The lowest BCUT2D eigenvalue weighted by Crippen LogP contribution is -2.55. The summed E-state index contributed by atoms with van der Waals surface area (Å²) >= 11 is 0. The summed E-state index contributed by atoms with van der Waals surface area (Å²) in [6.07, 6.45) is 0.132. The van der Waals surface area contributed by atoms with Gasteiger partial charge in [-0.1, -0.05) is 65.0 Å². The molecule has 270 valence electrons. The number of carbonyl (C=O) groups is 5. The van der Waals surface area contributed by atoms with E-state index in [4.69, 9.17) is 9.47 Å². The van der Waals surface area contributed by atoms with Crippen molar-refractivity contribution in [1.29, 1.82) is 0 Å². The molecule has 4 N–H and O–H groups in total. The molecule has 0 bridgehead atoms. The minimum atomic E-state index is -1.14. The molecule has 1 fully saturated rings. The summed E-state index contributed by atoms with van der Waals surface area (Å²) in [5.41, 5.74) is 0.784. The topological polar surface area (TPSA) is 167 Å². The molecule has 7 atom stereocenters. The maximum Gasteiger partial charge on any atom is 0.326 e. The van der Waals surface area contributed by atoms with Crippen molar-refractivity contribution in [1.82, 2.24) is 25.8 Å². The van der Waals surface area contributed by atoms with Gasteiger partial charge in [0.1, 0.15) is 6.04 Å². The van der Waals surface area contributed by atoms with Gasteiger partial charge in [-0.25, -0.2) is 4.79 Å². The number of methoxy groups -OCH3 is 2. The zero-order valence-corrected chi connectivity index (χ0v) is 30.0. The molecule has 0 aliphatic carbocycles. The Balaban J connectivity index is 2.13. The highest BCUT2D eigenvalue weighted by Gasteiger charge is 2.42. The summed E-state index contributed by atoms with van der Waals surface area (Å²) in [6.45, 7) is 9.68. The van der Waals surface area contributed by atoms with Crippen molar-refractivity contribution in [3.05, 3.63) is 35.9 Å². The van der Waals surface area contributed by atoms with Crippen LogP contribution in [0.5, 0.6) is 0 Å². The molecule has 13 nitrogen and oxygen atoms in total. The number of likely N-dealkylation sites (tertiary alicyclic amines) is 1. The fourth-order valence-electron chi connectivity index (χ4n) is 6.73. The molecule has 6 unspecified atom stereocenters. The van der Waals surface area contributed by atoms with Gasteiger partial charge >= 0.3 is 5.97 Å². The zero-order valence-electron chi connectivity index (χ0n) is 30.0. The van der Waals surface area contributed by atoms with Gasteiger partial charge in [0.05, 0.1) is 49.2 Å². The van der Waals surface area contributed by atoms with Crippen molar-refractivity contribution >= 4 is 29.6 Å². The predicted octanol–water partition coefficient (Wildman–Crippen LogP) is 1.69. The lowest BCUT2D eigenvalue weighted by atomic mass is 9.92. The Bertz CT molecular complexity index is 1210. The largest absolute Gasteiger partial charge is 0.480 e. The number of carboxylic acid groups (broad SMARTS) is 1. The van der Waals surface area contributed by atoms with Crippen LogP contribution in [0, 0.1) is 17.8 Å². The number of nitrogens with one attached hydrogen (secondary N) is 3. The second kappa shape index (κ2) is 19.4. The number of aliphatic carboxylic acids is 1. The van der Waals surface area contributed by atoms with Crippen LogP contribution < -0.4 is 16.0 Å². The molecule has 1 saturated heterocycles. The standard InChI is InChI=1S/C35H57N5O8/c1-21(2)30(36-6)34(44)37-20-29(42)39(7)31(22(3)4)27(47-8)19-28(41)40-17-13-16-26(40)32(48-9)23(5)33(43)38-25(35(45)46)18-24-14-11-10-12-15-24/h10-12,14-15,21-23,25-27,30-32,36H,13,16-20H2,1-9H3,(H,37,44)(H,38,43)(H,45,46)/t23?,25?,26-,27?,30?,31?,32?/m0/s1. The van der Waals surface area contributed by atoms with Crippen molar-refractivity contribution in [2.75, 3.05) is 41.4 Å². The van der Waals surface area contributed by atoms with E-state index in [0.29, 0.717) is 19.4 Å². The molecule has 0 radical (unpaired) electrons. The third-order valence-electron chi connectivity index (χ3n) is 9.33. The van der Waals surface area contributed by atoms with E-state index in [9.17, 15) is 29.1 Å². The Morgan fingerprint density at radius 2 is 1.62 bits per heavy atom. The van der Waals surface area contributed by atoms with Crippen molar-refractivity contribution in [3.63, 3.8) is 0 Å². The van der Waals surface area contributed by atoms with E-state index in [1.165, 1.54) is 19.1 Å². The van der Waals surface area contributed by atoms with Crippen molar-refractivity contribution in [3.8, 4) is 0 Å². The van der Waals surface area contributed by atoms with E-state index < -0.39 is 54.2 Å². The average Bonchev–Trinajstić information content (AvgIpc) is 3.53. The third-order valence-corrected chi connectivity index (χ3v) is 9.33. The average molecular weight is 676 g/mol. The lowest BCUT2D eigenvalue weighted by Gasteiger charge is -2.38. The molecule has 2 rings (SSSR count). The molecular formula is C35H57N5O8. The van der Waals surface area contributed by atoms with Crippen LogP contribution in [0.4, 0.5) is 0 Å². The predicted molar refractivity (Wildman–Crippen MR) is 182 cm³/mol. The summed E-state index contributed by atoms with van der Waals surface area (Å²) in [7, 11) is 6.34. The summed E-state index contributed by atoms with van der Waals surface area (Å²) in [6, 6.07) is 6.65. The van der Waals surface area contributed by atoms with E-state index >= 15 is 0 Å². The summed E-state index contributed by atoms with van der Waals surface area (Å²) in [5, 5.41) is 18.1. The Morgan fingerprint density at radius 1 is 0.979 bits per heavy atom. The summed E-state index contributed by atoms with van der Waals surface area (Å²) < 4.78 is 11.6. The molecule has 1 aliphatic rings. The number of rotatable bonds is 19. The smallest absolute Gasteiger partial charge is 0.326 e. The van der Waals surface area contributed by atoms with Gasteiger partial charge in [-0.05, 0) is 37.3 Å². The highest BCUT2D eigenvalue weighted by molar-refractivity contribution is 5.88. The third kappa shape index (κ3) is 11.0. The summed E-state index contributed by atoms with van der Waals surface area (Å²) in [5.74, 6) is -3.15. The number of ether oxygens (including phenoxy) is 2. The first-order valence-corrected chi connectivity index (χ1v) is 16.8. The Morgan fingerprint density at radius 3 is 2.15 bits per heavy atom. The van der Waals surface area contributed by atoms with E-state index in [1.54, 1.807) is 38.1 Å². The van der Waals surface area contributed by atoms with Gasteiger partial charge in [0.2, 0.25) is 23.6 Å². The van der Waals surface area contributed by atoms with Gasteiger partial charge in [0.25, 0.3) is 0 Å². The fourth-order valence-corrected chi connectivity index (χ4v) is 6.73. The SMILES string of the molecule is CNC(C(=O)NCC(=O)N(C)C(C(C)C)C(CC(=O)N1CCC[C@H]1C(OC)C(C)C(=O)NC(Cc1ccccc1)C(=O)O)OC)C(C)C. The highest BCUT2D eigenvalue weighted by Crippen LogP contribution is 2.29. The van der Waals surface area contributed by atoms with Gasteiger partial charge < -0.3 is 40.3 Å². The normalized spacial score (nSPS) is 18.5. The van der Waals surface area contributed by atoms with Crippen molar-refractivity contribution < 1.29 is 38.6 Å². The Hall–Kier alpha value is -3.55. The molecule has 4 amide bonds. The molecule has 1 heterocycles. The number of likely N-dealkylation sites (N-methyl/N-ethyl adjacent to an activating group) is 2. The first kappa shape index (κ1) is 40.6. The van der Waals surface area contributed by atoms with Crippen LogP contribution in [0.25, 0.3) is 0 Å². The van der Waals surface area contributed by atoms with Gasteiger partial charge in [-0.15, -0.1) is 0 Å². The van der Waals surface area contributed by atoms with Crippen LogP contribution in [-0.2, 0) is 39.9 Å². The molecule has 0 aromatic heterocycles. The van der Waals surface area contributed by atoms with Gasteiger partial charge in [0.15, 0.2) is 0 Å². The second-order valence-corrected chi connectivity index (χ2v) is 13.3. The van der Waals surface area contributed by atoms with E-state index in [-0.39, 0.29) is 48.9 Å². The number of carbonyl (C=O) groups excluding carboxylic acids is 4. The number of nitrogens with zero attached hydrogens (tertiary/aromatic N) is 2. The Kier molecular flexibility index (Phi) is 16.5. The summed E-state index contributed by atoms with van der Waals surface area (Å²) in [4.78, 5) is 68.3. The quantitative estimate of drug-likeness (QED) is 0.171. The van der Waals surface area contributed by atoms with Crippen LogP contribution in [-0.4, -0.2) is 122 Å². The van der Waals surface area contributed by atoms with Gasteiger partial charge in [-0.2, -0.15) is 0 Å². The maximum atomic E-state index is 13.9. The minimum Gasteiger partial charge on any atom is -0.480 e. The van der Waals surface area contributed by atoms with E-state index in [2.05, 4.69) is 16.0 Å². The minimum absolute atomic E-state index is 0.00974. The molecule has 1 aromatic carbocycles. The number of hydrogen-bond acceptors (Lipinski definition) is 8. The molecule has 0 saturated carbocycles. The van der Waals surface area contributed by atoms with Crippen LogP contribution >= 0.6 is 0 Å². The second-order valence-electron chi connectivity index (χ2n) is 13.3. The maximum absolute atomic E-state index is 13.9. The number of carboxylic acids is 1. The van der Waals surface area contributed by atoms with Crippen LogP contribution in [0.2, 0.25) is 0 Å². The van der Waals surface area contributed by atoms with Crippen LogP contribution in [0.15, 0.2) is 30.3 Å². The molecular weight excluding hydrogens is 618 g/mol. The molecule has 1 aromatic rings. The lowest BCUT2D eigenvalue weighted by molar-refractivity contribution is -0.146. The van der Waals surface area contributed by atoms with Crippen molar-refractivity contribution in [2.45, 2.75) is 96.7 Å². The van der Waals surface area contributed by atoms with E-state index in [1.807, 2.05) is 45.9 Å². The van der Waals surface area contributed by atoms with Gasteiger partial charge in [-0.3, -0.25) is 19.2 Å². The number of benzene rings is 1. The Labute approximate surface area is 285 Å². The zero-order chi connectivity index (χ0) is 36.1. The van der Waals surface area contributed by atoms with Crippen LogP contribution in [0.3, 0.4) is 0 Å². The van der Waals surface area contributed by atoms with Crippen molar-refractivity contribution in [2.24, 2.45) is 17.8 Å². The molecule has 1 aliphatic heterocycles. The monoisotopic (exact) mass is 675 g/mol. The first-order valence-electron chi connectivity index (χ1n) is 16.8. The highest BCUT2D eigenvalue weighted by atomic mass is 16.5. The van der Waals surface area contributed by atoms with E-state index in [0.717, 1.165) is 5.56 Å². The molecule has 0 spiro atoms. The number of amides is 4. The first-order chi connectivity index (χ1) is 22.7. The number of hydrogen-bond donors (Lipinski definition) is 4. The van der Waals surface area contributed by atoms with Gasteiger partial charge in [0, 0.05) is 34.2 Å². The fraction of sp³-hybridized carbons (Fsp3) is 0.686.